The molecule has 2 heterocycles. The Bertz CT molecular complexity index is 718. The van der Waals surface area contributed by atoms with E-state index in [9.17, 15) is 9.90 Å². The third-order valence-electron chi connectivity index (χ3n) is 4.63. The quantitative estimate of drug-likeness (QED) is 0.876. The van der Waals surface area contributed by atoms with E-state index in [0.717, 1.165) is 38.0 Å². The first-order valence-electron chi connectivity index (χ1n) is 8.86. The van der Waals surface area contributed by atoms with Gasteiger partial charge in [0.25, 0.3) is 5.91 Å². The summed E-state index contributed by atoms with van der Waals surface area (Å²) in [7, 11) is 0. The van der Waals surface area contributed by atoms with E-state index in [2.05, 4.69) is 15.3 Å². The van der Waals surface area contributed by atoms with Crippen molar-refractivity contribution >= 4 is 5.91 Å². The van der Waals surface area contributed by atoms with Gasteiger partial charge in [-0.15, -0.1) is 0 Å². The molecule has 0 spiro atoms. The van der Waals surface area contributed by atoms with Gasteiger partial charge in [0.05, 0.1) is 11.8 Å². The molecule has 0 saturated carbocycles. The number of aromatic nitrogens is 2. The fourth-order valence-electron chi connectivity index (χ4n) is 3.15. The average Bonchev–Trinajstić information content (AvgIpc) is 3.07. The zero-order valence-electron chi connectivity index (χ0n) is 14.9. The van der Waals surface area contributed by atoms with E-state index in [1.807, 2.05) is 26.0 Å². The lowest BCUT2D eigenvalue weighted by Gasteiger charge is -2.32. The summed E-state index contributed by atoms with van der Waals surface area (Å²) < 4.78 is 1.80. The lowest BCUT2D eigenvalue weighted by molar-refractivity contribution is 0.0908. The summed E-state index contributed by atoms with van der Waals surface area (Å²) in [5, 5.41) is 16.9. The average molecular weight is 342 g/mol. The Balaban J connectivity index is 1.48. The van der Waals surface area contributed by atoms with Crippen LogP contribution in [0, 0.1) is 0 Å². The summed E-state index contributed by atoms with van der Waals surface area (Å²) in [4.78, 5) is 14.7. The lowest BCUT2D eigenvalue weighted by Crippen LogP contribution is -2.44. The molecule has 6 heteroatoms. The minimum Gasteiger partial charge on any atom is -0.508 e. The van der Waals surface area contributed by atoms with Crippen LogP contribution in [0.15, 0.2) is 36.7 Å². The van der Waals surface area contributed by atoms with Gasteiger partial charge in [0.15, 0.2) is 0 Å². The van der Waals surface area contributed by atoms with Crippen molar-refractivity contribution < 1.29 is 9.90 Å². The van der Waals surface area contributed by atoms with E-state index in [0.29, 0.717) is 11.3 Å². The summed E-state index contributed by atoms with van der Waals surface area (Å²) in [5.41, 5.74) is 1.74. The summed E-state index contributed by atoms with van der Waals surface area (Å²) >= 11 is 0. The van der Waals surface area contributed by atoms with Gasteiger partial charge in [-0.2, -0.15) is 5.10 Å². The number of benzene rings is 1. The molecule has 1 fully saturated rings. The summed E-state index contributed by atoms with van der Waals surface area (Å²) in [5.74, 6) is 0.264. The summed E-state index contributed by atoms with van der Waals surface area (Å²) in [6, 6.07) is 7.85. The van der Waals surface area contributed by atoms with Crippen molar-refractivity contribution in [3.63, 3.8) is 0 Å². The normalized spacial score (nSPS) is 16.3. The third-order valence-corrected chi connectivity index (χ3v) is 4.63. The molecule has 0 radical (unpaired) electrons. The number of phenols is 1. The minimum atomic E-state index is -0.0432. The molecular weight excluding hydrogens is 316 g/mol. The molecule has 3 rings (SSSR count). The van der Waals surface area contributed by atoms with Crippen LogP contribution in [0.25, 0.3) is 0 Å². The molecule has 1 amide bonds. The van der Waals surface area contributed by atoms with E-state index in [1.54, 1.807) is 29.2 Å². The Hall–Kier alpha value is -2.34. The molecule has 1 aromatic heterocycles. The zero-order valence-corrected chi connectivity index (χ0v) is 14.9. The molecule has 2 aromatic rings. The van der Waals surface area contributed by atoms with Crippen LogP contribution in [0.2, 0.25) is 0 Å². The second-order valence-corrected chi connectivity index (χ2v) is 7.00. The van der Waals surface area contributed by atoms with Crippen LogP contribution in [-0.4, -0.2) is 44.8 Å². The number of piperidine rings is 1. The zero-order chi connectivity index (χ0) is 17.8. The van der Waals surface area contributed by atoms with Gasteiger partial charge in [-0.05, 0) is 44.4 Å². The summed E-state index contributed by atoms with van der Waals surface area (Å²) in [6.07, 6.45) is 5.30. The number of phenolic OH excluding ortho intramolecular Hbond substituents is 1. The first-order chi connectivity index (χ1) is 12.0. The predicted octanol–water partition coefficient (Wildman–Crippen LogP) is 2.56. The van der Waals surface area contributed by atoms with E-state index in [1.165, 1.54) is 0 Å². The molecule has 1 aliphatic heterocycles. The van der Waals surface area contributed by atoms with Crippen molar-refractivity contribution in [3.8, 4) is 5.75 Å². The van der Waals surface area contributed by atoms with E-state index < -0.39 is 0 Å². The molecule has 134 valence electrons. The van der Waals surface area contributed by atoms with Crippen molar-refractivity contribution in [2.75, 3.05) is 13.1 Å². The standard InChI is InChI=1S/C19H26N4O2/c1-14(2)23-13-16(11-20-23)19(25)21-17-6-8-22(9-7-17)12-15-4-3-5-18(24)10-15/h3-5,10-11,13-14,17,24H,6-9,12H2,1-2H3,(H,21,25). The van der Waals surface area contributed by atoms with Crippen molar-refractivity contribution in [1.29, 1.82) is 0 Å². The van der Waals surface area contributed by atoms with Gasteiger partial charge in [0.1, 0.15) is 5.75 Å². The first kappa shape index (κ1) is 17.5. The largest absolute Gasteiger partial charge is 0.508 e. The number of aromatic hydroxyl groups is 1. The number of amides is 1. The molecule has 25 heavy (non-hydrogen) atoms. The molecule has 2 N–H and O–H groups in total. The molecule has 1 aliphatic rings. The van der Waals surface area contributed by atoms with Gasteiger partial charge in [-0.1, -0.05) is 12.1 Å². The van der Waals surface area contributed by atoms with Crippen molar-refractivity contribution in [3.05, 3.63) is 47.8 Å². The highest BCUT2D eigenvalue weighted by molar-refractivity contribution is 5.93. The monoisotopic (exact) mass is 342 g/mol. The third kappa shape index (κ3) is 4.60. The van der Waals surface area contributed by atoms with Gasteiger partial charge >= 0.3 is 0 Å². The number of carbonyl (C=O) groups excluding carboxylic acids is 1. The van der Waals surface area contributed by atoms with Crippen LogP contribution >= 0.6 is 0 Å². The summed E-state index contributed by atoms with van der Waals surface area (Å²) in [6.45, 7) is 6.78. The van der Waals surface area contributed by atoms with Gasteiger partial charge < -0.3 is 10.4 Å². The molecule has 6 nitrogen and oxygen atoms in total. The van der Waals surface area contributed by atoms with Gasteiger partial charge in [0, 0.05) is 37.9 Å². The van der Waals surface area contributed by atoms with Gasteiger partial charge in [-0.3, -0.25) is 14.4 Å². The number of nitrogens with zero attached hydrogens (tertiary/aromatic N) is 3. The minimum absolute atomic E-state index is 0.0432. The Morgan fingerprint density at radius 3 is 2.76 bits per heavy atom. The molecule has 0 unspecified atom stereocenters. The van der Waals surface area contributed by atoms with E-state index in [-0.39, 0.29) is 18.0 Å². The Morgan fingerprint density at radius 1 is 1.36 bits per heavy atom. The first-order valence-corrected chi connectivity index (χ1v) is 8.86. The fourth-order valence-corrected chi connectivity index (χ4v) is 3.15. The second-order valence-electron chi connectivity index (χ2n) is 7.00. The Labute approximate surface area is 148 Å². The molecule has 0 bridgehead atoms. The number of rotatable bonds is 5. The van der Waals surface area contributed by atoms with Crippen molar-refractivity contribution in [2.45, 2.75) is 45.3 Å². The molecular formula is C19H26N4O2. The van der Waals surface area contributed by atoms with E-state index in [4.69, 9.17) is 0 Å². The molecule has 0 atom stereocenters. The Kier molecular flexibility index (Phi) is 5.38. The maximum atomic E-state index is 12.4. The van der Waals surface area contributed by atoms with Crippen LogP contribution in [0.1, 0.15) is 48.7 Å². The number of hydrogen-bond acceptors (Lipinski definition) is 4. The van der Waals surface area contributed by atoms with Crippen LogP contribution < -0.4 is 5.32 Å². The predicted molar refractivity (Wildman–Crippen MR) is 96.5 cm³/mol. The van der Waals surface area contributed by atoms with Gasteiger partial charge in [0.2, 0.25) is 0 Å². The Morgan fingerprint density at radius 2 is 2.12 bits per heavy atom. The second kappa shape index (κ2) is 7.70. The maximum Gasteiger partial charge on any atom is 0.254 e. The molecule has 0 aliphatic carbocycles. The van der Waals surface area contributed by atoms with E-state index >= 15 is 0 Å². The fraction of sp³-hybridized carbons (Fsp3) is 0.474. The number of hydrogen-bond donors (Lipinski definition) is 2. The van der Waals surface area contributed by atoms with Crippen molar-refractivity contribution in [2.24, 2.45) is 0 Å². The number of likely N-dealkylation sites (tertiary alicyclic amines) is 1. The molecule has 1 saturated heterocycles. The topological polar surface area (TPSA) is 70.4 Å². The molecule has 1 aromatic carbocycles. The van der Waals surface area contributed by atoms with Crippen LogP contribution in [0.3, 0.4) is 0 Å². The van der Waals surface area contributed by atoms with Crippen molar-refractivity contribution in [1.82, 2.24) is 20.0 Å². The maximum absolute atomic E-state index is 12.4. The number of carbonyl (C=O) groups is 1. The van der Waals surface area contributed by atoms with Crippen LogP contribution in [0.4, 0.5) is 0 Å². The van der Waals surface area contributed by atoms with Crippen LogP contribution in [0.5, 0.6) is 5.75 Å². The lowest BCUT2D eigenvalue weighted by atomic mass is 10.0. The highest BCUT2D eigenvalue weighted by Gasteiger charge is 2.22. The highest BCUT2D eigenvalue weighted by Crippen LogP contribution is 2.17. The SMILES string of the molecule is CC(C)n1cc(C(=O)NC2CCN(Cc3cccc(O)c3)CC2)cn1. The number of nitrogens with one attached hydrogen (secondary N) is 1. The van der Waals surface area contributed by atoms with Crippen LogP contribution in [-0.2, 0) is 6.54 Å². The smallest absolute Gasteiger partial charge is 0.254 e. The highest BCUT2D eigenvalue weighted by atomic mass is 16.3. The van der Waals surface area contributed by atoms with Gasteiger partial charge in [-0.25, -0.2) is 0 Å².